The van der Waals surface area contributed by atoms with E-state index in [1.165, 1.54) is 16.6 Å². The zero-order valence-corrected chi connectivity index (χ0v) is 11.4. The first-order valence-corrected chi connectivity index (χ1v) is 6.84. The number of hydrogen-bond donors (Lipinski definition) is 3. The molecular weight excluding hydrogens is 284 g/mol. The number of aromatic amines is 1. The Balaban J connectivity index is 2.00. The second-order valence-electron chi connectivity index (χ2n) is 5.15. The fourth-order valence-electron chi connectivity index (χ4n) is 2.56. The van der Waals surface area contributed by atoms with Gasteiger partial charge in [0.2, 0.25) is 5.78 Å². The number of aromatic nitrogens is 4. The van der Waals surface area contributed by atoms with Crippen LogP contribution in [0.2, 0.25) is 0 Å². The molecule has 110 valence electrons. The Morgan fingerprint density at radius 1 is 1.27 bits per heavy atom. The molecule has 0 atom stereocenters. The van der Waals surface area contributed by atoms with Crippen molar-refractivity contribution in [2.75, 3.05) is 0 Å². The summed E-state index contributed by atoms with van der Waals surface area (Å²) in [5.41, 5.74) is 1.13. The number of phenolic OH excluding ortho intramolecular Hbond substituents is 2. The van der Waals surface area contributed by atoms with Crippen LogP contribution in [0.3, 0.4) is 0 Å². The normalized spacial score (nSPS) is 14.3. The van der Waals surface area contributed by atoms with Crippen molar-refractivity contribution in [1.82, 2.24) is 19.6 Å². The van der Waals surface area contributed by atoms with Crippen LogP contribution >= 0.6 is 0 Å². The van der Waals surface area contributed by atoms with Gasteiger partial charge in [0, 0.05) is 0 Å². The highest BCUT2D eigenvalue weighted by atomic mass is 16.3. The van der Waals surface area contributed by atoms with Crippen LogP contribution in [0.4, 0.5) is 0 Å². The first-order chi connectivity index (χ1) is 10.6. The van der Waals surface area contributed by atoms with Crippen molar-refractivity contribution < 1.29 is 10.2 Å². The van der Waals surface area contributed by atoms with E-state index in [0.29, 0.717) is 16.7 Å². The number of hydrogen-bond acceptors (Lipinski definition) is 5. The van der Waals surface area contributed by atoms with Gasteiger partial charge in [-0.25, -0.2) is 4.98 Å². The van der Waals surface area contributed by atoms with Crippen LogP contribution in [-0.4, -0.2) is 29.8 Å². The molecule has 0 amide bonds. The van der Waals surface area contributed by atoms with E-state index in [-0.39, 0.29) is 17.1 Å². The summed E-state index contributed by atoms with van der Waals surface area (Å²) in [5.74, 6) is -0.0667. The molecule has 1 aliphatic rings. The highest BCUT2D eigenvalue weighted by molar-refractivity contribution is 5.55. The molecule has 7 heteroatoms. The Kier molecular flexibility index (Phi) is 2.56. The summed E-state index contributed by atoms with van der Waals surface area (Å²) in [5, 5.41) is 24.5. The zero-order valence-electron chi connectivity index (χ0n) is 11.4. The highest BCUT2D eigenvalue weighted by Crippen LogP contribution is 2.24. The van der Waals surface area contributed by atoms with Gasteiger partial charge in [0.15, 0.2) is 11.5 Å². The molecule has 7 nitrogen and oxygen atoms in total. The van der Waals surface area contributed by atoms with Crippen molar-refractivity contribution in [2.24, 2.45) is 0 Å². The summed E-state index contributed by atoms with van der Waals surface area (Å²) in [6, 6.07) is 4.34. The molecule has 2 aromatic heterocycles. The van der Waals surface area contributed by atoms with Crippen LogP contribution < -0.4 is 16.3 Å². The molecule has 0 aliphatic heterocycles. The molecule has 0 saturated carbocycles. The summed E-state index contributed by atoms with van der Waals surface area (Å²) in [7, 11) is 0. The van der Waals surface area contributed by atoms with Crippen LogP contribution in [0.25, 0.3) is 17.9 Å². The summed E-state index contributed by atoms with van der Waals surface area (Å²) < 4.78 is 1.48. The zero-order chi connectivity index (χ0) is 15.3. The predicted octanol–water partition coefficient (Wildman–Crippen LogP) is -0.616. The Labute approximate surface area is 123 Å². The largest absolute Gasteiger partial charge is 0.504 e. The van der Waals surface area contributed by atoms with Crippen LogP contribution in [-0.2, 0) is 6.42 Å². The van der Waals surface area contributed by atoms with E-state index in [1.807, 2.05) is 6.08 Å². The molecule has 0 bridgehead atoms. The molecule has 0 spiro atoms. The first kappa shape index (κ1) is 12.6. The number of fused-ring (bicyclic) bond motifs is 2. The minimum Gasteiger partial charge on any atom is -0.504 e. The molecule has 3 aromatic rings. The van der Waals surface area contributed by atoms with E-state index in [4.69, 9.17) is 0 Å². The van der Waals surface area contributed by atoms with Crippen LogP contribution in [0.5, 0.6) is 11.5 Å². The molecule has 22 heavy (non-hydrogen) atoms. The van der Waals surface area contributed by atoms with Gasteiger partial charge in [0.25, 0.3) is 5.56 Å². The Bertz CT molecular complexity index is 1080. The van der Waals surface area contributed by atoms with Gasteiger partial charge in [-0.1, -0.05) is 12.1 Å². The molecule has 0 saturated heterocycles. The number of H-pyrrole nitrogens is 1. The minimum absolute atomic E-state index is 0.209. The molecule has 3 N–H and O–H groups in total. The lowest BCUT2D eigenvalue weighted by Gasteiger charge is -1.99. The number of phenols is 2. The number of nitrogens with zero attached hydrogens (tertiary/aromatic N) is 3. The van der Waals surface area contributed by atoms with Crippen molar-refractivity contribution >= 4 is 17.9 Å². The molecule has 0 radical (unpaired) electrons. The van der Waals surface area contributed by atoms with Gasteiger partial charge >= 0.3 is 0 Å². The molecule has 2 heterocycles. The summed E-state index contributed by atoms with van der Waals surface area (Å²) in [6.07, 6.45) is 5.29. The van der Waals surface area contributed by atoms with Crippen LogP contribution in [0.15, 0.2) is 23.0 Å². The van der Waals surface area contributed by atoms with E-state index in [9.17, 15) is 15.0 Å². The number of aromatic hydroxyl groups is 2. The molecule has 0 unspecified atom stereocenters. The lowest BCUT2D eigenvalue weighted by molar-refractivity contribution is 0.403. The lowest BCUT2D eigenvalue weighted by Crippen LogP contribution is -2.28. The predicted molar refractivity (Wildman–Crippen MR) is 79.0 cm³/mol. The Morgan fingerprint density at radius 3 is 2.95 bits per heavy atom. The SMILES string of the molecule is O=c1[nH]c2nc3c(nn2/c1=C/c1ccc(O)c(O)c1)CCC=3. The molecule has 0 fully saturated rings. The van der Waals surface area contributed by atoms with Crippen molar-refractivity contribution in [1.29, 1.82) is 0 Å². The van der Waals surface area contributed by atoms with Gasteiger partial charge in [-0.15, -0.1) is 0 Å². The number of imidazole rings is 1. The van der Waals surface area contributed by atoms with E-state index in [2.05, 4.69) is 15.1 Å². The third-order valence-corrected chi connectivity index (χ3v) is 3.65. The number of aryl methyl sites for hydroxylation is 1. The first-order valence-electron chi connectivity index (χ1n) is 6.84. The molecule has 1 aromatic carbocycles. The Morgan fingerprint density at radius 2 is 2.14 bits per heavy atom. The maximum Gasteiger partial charge on any atom is 0.276 e. The lowest BCUT2D eigenvalue weighted by atomic mass is 10.2. The number of benzene rings is 1. The standard InChI is InChI=1S/C15H12N4O3/c20-12-5-4-8(7-13(12)21)6-11-14(22)17-15-16-9-2-1-3-10(9)18-19(11)15/h2,4-7,20-21H,1,3H2,(H,16,17,22)/b11-6+. The van der Waals surface area contributed by atoms with Gasteiger partial charge in [-0.2, -0.15) is 9.61 Å². The number of nitrogens with one attached hydrogen (secondary N) is 1. The van der Waals surface area contributed by atoms with Gasteiger partial charge in [0.1, 0.15) is 5.35 Å². The molecular formula is C15H12N4O3. The fraction of sp³-hybridized carbons (Fsp3) is 0.133. The van der Waals surface area contributed by atoms with Crippen molar-refractivity contribution in [3.05, 3.63) is 50.5 Å². The second-order valence-corrected chi connectivity index (χ2v) is 5.15. The Hall–Kier alpha value is -3.09. The monoisotopic (exact) mass is 296 g/mol. The summed E-state index contributed by atoms with van der Waals surface area (Å²) in [4.78, 5) is 19.2. The van der Waals surface area contributed by atoms with Crippen molar-refractivity contribution in [3.63, 3.8) is 0 Å². The van der Waals surface area contributed by atoms with Crippen molar-refractivity contribution in [2.45, 2.75) is 12.8 Å². The maximum atomic E-state index is 12.1. The van der Waals surface area contributed by atoms with E-state index in [1.54, 1.807) is 12.1 Å². The average Bonchev–Trinajstić information content (AvgIpc) is 3.05. The van der Waals surface area contributed by atoms with Gasteiger partial charge in [-0.3, -0.25) is 9.78 Å². The minimum atomic E-state index is -0.309. The fourth-order valence-corrected chi connectivity index (χ4v) is 2.56. The van der Waals surface area contributed by atoms with E-state index < -0.39 is 0 Å². The highest BCUT2D eigenvalue weighted by Gasteiger charge is 2.11. The van der Waals surface area contributed by atoms with Crippen LogP contribution in [0.1, 0.15) is 17.7 Å². The maximum absolute atomic E-state index is 12.1. The van der Waals surface area contributed by atoms with E-state index >= 15 is 0 Å². The number of rotatable bonds is 1. The van der Waals surface area contributed by atoms with Crippen molar-refractivity contribution in [3.8, 4) is 11.5 Å². The average molecular weight is 296 g/mol. The van der Waals surface area contributed by atoms with Crippen LogP contribution in [0, 0.1) is 0 Å². The quantitative estimate of drug-likeness (QED) is 0.519. The second kappa shape index (κ2) is 4.45. The third kappa shape index (κ3) is 1.86. The molecule has 1 aliphatic carbocycles. The third-order valence-electron chi connectivity index (χ3n) is 3.65. The molecule has 4 rings (SSSR count). The van der Waals surface area contributed by atoms with E-state index in [0.717, 1.165) is 23.9 Å². The summed E-state index contributed by atoms with van der Waals surface area (Å²) in [6.45, 7) is 0. The smallest absolute Gasteiger partial charge is 0.276 e. The van der Waals surface area contributed by atoms with Gasteiger partial charge < -0.3 is 10.2 Å². The van der Waals surface area contributed by atoms with Gasteiger partial charge in [-0.05, 0) is 36.6 Å². The topological polar surface area (TPSA) is 104 Å². The van der Waals surface area contributed by atoms with Gasteiger partial charge in [0.05, 0.1) is 11.0 Å². The summed E-state index contributed by atoms with van der Waals surface area (Å²) >= 11 is 0.